The lowest BCUT2D eigenvalue weighted by Gasteiger charge is -2.24. The van der Waals surface area contributed by atoms with Crippen LogP contribution < -0.4 is 10.6 Å². The van der Waals surface area contributed by atoms with E-state index in [0.29, 0.717) is 6.54 Å². The molecule has 0 spiro atoms. The molecule has 0 aromatic carbocycles. The Labute approximate surface area is 130 Å². The Morgan fingerprint density at radius 1 is 1.33 bits per heavy atom. The summed E-state index contributed by atoms with van der Waals surface area (Å²) < 4.78 is 5.57. The minimum atomic E-state index is -0.0274. The van der Waals surface area contributed by atoms with Crippen LogP contribution in [-0.4, -0.2) is 37.7 Å². The minimum Gasteiger partial charge on any atom is -0.369 e. The predicted molar refractivity (Wildman–Crippen MR) is 89.5 cm³/mol. The predicted octanol–water partition coefficient (Wildman–Crippen LogP) is 3.03. The zero-order valence-corrected chi connectivity index (χ0v) is 14.3. The van der Waals surface area contributed by atoms with Crippen LogP contribution in [0.3, 0.4) is 0 Å². The minimum absolute atomic E-state index is 0.0274. The second-order valence-electron chi connectivity index (χ2n) is 6.28. The Bertz CT molecular complexity index is 291. The molecule has 1 unspecified atom stereocenters. The molecule has 0 saturated carbocycles. The fourth-order valence-corrected chi connectivity index (χ4v) is 1.89. The standard InChI is InChI=1S/C17H34N2O2/c1-6-7-8-9-10-11-15(2)21-14-16(20)19-13-12-17(3,4)18-5/h6,15,18H,1,7-14H2,2-5H3,(H,19,20). The highest BCUT2D eigenvalue weighted by Crippen LogP contribution is 2.08. The number of rotatable bonds is 13. The van der Waals surface area contributed by atoms with E-state index in [2.05, 4.69) is 31.1 Å². The third kappa shape index (κ3) is 12.6. The Hall–Kier alpha value is -0.870. The molecular weight excluding hydrogens is 264 g/mol. The molecule has 1 amide bonds. The summed E-state index contributed by atoms with van der Waals surface area (Å²) in [5, 5.41) is 6.11. The van der Waals surface area contributed by atoms with Gasteiger partial charge in [0.1, 0.15) is 6.61 Å². The van der Waals surface area contributed by atoms with Gasteiger partial charge >= 0.3 is 0 Å². The molecule has 0 aliphatic heterocycles. The van der Waals surface area contributed by atoms with E-state index in [4.69, 9.17) is 4.74 Å². The van der Waals surface area contributed by atoms with Crippen LogP contribution in [0.1, 0.15) is 59.3 Å². The molecule has 4 nitrogen and oxygen atoms in total. The van der Waals surface area contributed by atoms with E-state index < -0.39 is 0 Å². The third-order valence-corrected chi connectivity index (χ3v) is 3.77. The third-order valence-electron chi connectivity index (χ3n) is 3.77. The second-order valence-corrected chi connectivity index (χ2v) is 6.28. The van der Waals surface area contributed by atoms with Gasteiger partial charge < -0.3 is 15.4 Å². The van der Waals surface area contributed by atoms with Crippen LogP contribution in [0.5, 0.6) is 0 Å². The number of ether oxygens (including phenoxy) is 1. The van der Waals surface area contributed by atoms with Gasteiger partial charge in [-0.2, -0.15) is 0 Å². The maximum atomic E-state index is 11.7. The summed E-state index contributed by atoms with van der Waals surface area (Å²) in [5.74, 6) is -0.0274. The highest BCUT2D eigenvalue weighted by Gasteiger charge is 2.14. The average molecular weight is 298 g/mol. The lowest BCUT2D eigenvalue weighted by Crippen LogP contribution is -2.40. The van der Waals surface area contributed by atoms with Crippen LogP contribution in [0.15, 0.2) is 12.7 Å². The molecule has 124 valence electrons. The molecule has 0 radical (unpaired) electrons. The zero-order valence-electron chi connectivity index (χ0n) is 14.3. The van der Waals surface area contributed by atoms with Gasteiger partial charge in [0.05, 0.1) is 6.10 Å². The number of hydrogen-bond acceptors (Lipinski definition) is 3. The molecule has 0 saturated heterocycles. The average Bonchev–Trinajstić information content (AvgIpc) is 2.44. The van der Waals surface area contributed by atoms with Gasteiger partial charge in [0.2, 0.25) is 5.91 Å². The van der Waals surface area contributed by atoms with Crippen LogP contribution in [0.4, 0.5) is 0 Å². The lowest BCUT2D eigenvalue weighted by atomic mass is 10.0. The molecule has 0 fully saturated rings. The molecule has 0 rings (SSSR count). The summed E-state index contributed by atoms with van der Waals surface area (Å²) in [6, 6.07) is 0. The first-order valence-electron chi connectivity index (χ1n) is 8.09. The first kappa shape index (κ1) is 20.1. The maximum absolute atomic E-state index is 11.7. The largest absolute Gasteiger partial charge is 0.369 e. The summed E-state index contributed by atoms with van der Waals surface area (Å²) in [5.41, 5.74) is 0.0485. The summed E-state index contributed by atoms with van der Waals surface area (Å²) in [4.78, 5) is 11.7. The monoisotopic (exact) mass is 298 g/mol. The lowest BCUT2D eigenvalue weighted by molar-refractivity contribution is -0.127. The van der Waals surface area contributed by atoms with E-state index >= 15 is 0 Å². The highest BCUT2D eigenvalue weighted by atomic mass is 16.5. The first-order chi connectivity index (χ1) is 9.91. The summed E-state index contributed by atoms with van der Waals surface area (Å²) >= 11 is 0. The molecular formula is C17H34N2O2. The van der Waals surface area contributed by atoms with Crippen molar-refractivity contribution in [3.05, 3.63) is 12.7 Å². The van der Waals surface area contributed by atoms with E-state index in [1.165, 1.54) is 12.8 Å². The fourth-order valence-electron chi connectivity index (χ4n) is 1.89. The van der Waals surface area contributed by atoms with Gasteiger partial charge in [-0.1, -0.05) is 18.9 Å². The molecule has 0 aromatic rings. The van der Waals surface area contributed by atoms with Crippen LogP contribution in [-0.2, 0) is 9.53 Å². The molecule has 2 N–H and O–H groups in total. The molecule has 0 bridgehead atoms. The van der Waals surface area contributed by atoms with Gasteiger partial charge in [-0.3, -0.25) is 4.79 Å². The zero-order chi connectivity index (χ0) is 16.1. The SMILES string of the molecule is C=CCCCCCC(C)OCC(=O)NCCC(C)(C)NC. The topological polar surface area (TPSA) is 50.4 Å². The molecule has 0 aliphatic carbocycles. The summed E-state index contributed by atoms with van der Waals surface area (Å²) in [6.07, 6.45) is 8.63. The van der Waals surface area contributed by atoms with Crippen LogP contribution in [0.2, 0.25) is 0 Å². The van der Waals surface area contributed by atoms with Gasteiger partial charge in [-0.15, -0.1) is 6.58 Å². The van der Waals surface area contributed by atoms with Crippen LogP contribution >= 0.6 is 0 Å². The Balaban J connectivity index is 3.57. The molecule has 1 atom stereocenters. The Morgan fingerprint density at radius 3 is 2.67 bits per heavy atom. The van der Waals surface area contributed by atoms with Crippen LogP contribution in [0.25, 0.3) is 0 Å². The van der Waals surface area contributed by atoms with Gasteiger partial charge in [0.15, 0.2) is 0 Å². The van der Waals surface area contributed by atoms with E-state index in [1.54, 1.807) is 0 Å². The van der Waals surface area contributed by atoms with Crippen molar-refractivity contribution in [3.63, 3.8) is 0 Å². The second kappa shape index (κ2) is 11.8. The van der Waals surface area contributed by atoms with Crippen molar-refractivity contribution >= 4 is 5.91 Å². The quantitative estimate of drug-likeness (QED) is 0.406. The molecule has 4 heteroatoms. The van der Waals surface area contributed by atoms with Gasteiger partial charge in [0, 0.05) is 12.1 Å². The Kier molecular flexibility index (Phi) is 11.3. The van der Waals surface area contributed by atoms with Crippen molar-refractivity contribution in [2.45, 2.75) is 70.9 Å². The first-order valence-corrected chi connectivity index (χ1v) is 8.09. The maximum Gasteiger partial charge on any atom is 0.246 e. The van der Waals surface area contributed by atoms with Gasteiger partial charge in [0.25, 0.3) is 0 Å². The smallest absolute Gasteiger partial charge is 0.246 e. The molecule has 21 heavy (non-hydrogen) atoms. The van der Waals surface area contributed by atoms with Gasteiger partial charge in [-0.05, 0) is 53.5 Å². The number of carbonyl (C=O) groups is 1. The van der Waals surface area contributed by atoms with Crippen LogP contribution in [0, 0.1) is 0 Å². The van der Waals surface area contributed by atoms with Crippen molar-refractivity contribution in [1.29, 1.82) is 0 Å². The number of nitrogens with one attached hydrogen (secondary N) is 2. The number of amides is 1. The normalized spacial score (nSPS) is 13.0. The van der Waals surface area contributed by atoms with Crippen molar-refractivity contribution in [3.8, 4) is 0 Å². The number of allylic oxidation sites excluding steroid dienone is 1. The molecule has 0 heterocycles. The van der Waals surface area contributed by atoms with E-state index in [1.807, 2.05) is 20.0 Å². The number of hydrogen-bond donors (Lipinski definition) is 2. The van der Waals surface area contributed by atoms with Crippen molar-refractivity contribution < 1.29 is 9.53 Å². The Morgan fingerprint density at radius 2 is 2.05 bits per heavy atom. The molecule has 0 aromatic heterocycles. The summed E-state index contributed by atoms with van der Waals surface area (Å²) in [7, 11) is 1.93. The highest BCUT2D eigenvalue weighted by molar-refractivity contribution is 5.77. The fraction of sp³-hybridized carbons (Fsp3) is 0.824. The van der Waals surface area contributed by atoms with Gasteiger partial charge in [-0.25, -0.2) is 0 Å². The van der Waals surface area contributed by atoms with Crippen molar-refractivity contribution in [2.75, 3.05) is 20.2 Å². The number of unbranched alkanes of at least 4 members (excludes halogenated alkanes) is 3. The number of carbonyl (C=O) groups excluding carboxylic acids is 1. The van der Waals surface area contributed by atoms with E-state index in [-0.39, 0.29) is 24.2 Å². The van der Waals surface area contributed by atoms with E-state index in [9.17, 15) is 4.79 Å². The van der Waals surface area contributed by atoms with E-state index in [0.717, 1.165) is 25.7 Å². The summed E-state index contributed by atoms with van der Waals surface area (Å²) in [6.45, 7) is 10.8. The van der Waals surface area contributed by atoms with Crippen molar-refractivity contribution in [1.82, 2.24) is 10.6 Å². The van der Waals surface area contributed by atoms with Crippen molar-refractivity contribution in [2.24, 2.45) is 0 Å². The molecule has 0 aliphatic rings.